The quantitative estimate of drug-likeness (QED) is 0.806. The fraction of sp³-hybridized carbons (Fsp3) is 0.273. The molecule has 1 amide bonds. The number of anilines is 1. The summed E-state index contributed by atoms with van der Waals surface area (Å²) in [6.45, 7) is 2.14. The van der Waals surface area contributed by atoms with Crippen LogP contribution in [0.2, 0.25) is 0 Å². The van der Waals surface area contributed by atoms with Gasteiger partial charge in [-0.15, -0.1) is 0 Å². The molecule has 0 spiro atoms. The smallest absolute Gasteiger partial charge is 0.269 e. The summed E-state index contributed by atoms with van der Waals surface area (Å²) in [5.74, 6) is 0.824. The van der Waals surface area contributed by atoms with Crippen LogP contribution in [0, 0.1) is 6.92 Å². The van der Waals surface area contributed by atoms with Crippen molar-refractivity contribution in [3.63, 3.8) is 0 Å². The van der Waals surface area contributed by atoms with E-state index in [1.807, 2.05) is 0 Å². The van der Waals surface area contributed by atoms with Crippen LogP contribution in [0.25, 0.3) is 0 Å². The molecule has 7 heteroatoms. The molecule has 18 heavy (non-hydrogen) atoms. The van der Waals surface area contributed by atoms with Crippen LogP contribution in [0.5, 0.6) is 0 Å². The predicted molar refractivity (Wildman–Crippen MR) is 63.7 cm³/mol. The molecule has 2 aromatic heterocycles. The van der Waals surface area contributed by atoms with Gasteiger partial charge in [0.05, 0.1) is 11.9 Å². The van der Waals surface area contributed by atoms with Crippen molar-refractivity contribution in [1.29, 1.82) is 0 Å². The highest BCUT2D eigenvalue weighted by Crippen LogP contribution is 2.01. The first kappa shape index (κ1) is 12.0. The van der Waals surface area contributed by atoms with Gasteiger partial charge in [0.15, 0.2) is 5.82 Å². The van der Waals surface area contributed by atoms with Crippen molar-refractivity contribution in [3.8, 4) is 0 Å². The first-order chi connectivity index (χ1) is 8.65. The van der Waals surface area contributed by atoms with Crippen molar-refractivity contribution >= 4 is 11.6 Å². The van der Waals surface area contributed by atoms with Gasteiger partial charge in [0.1, 0.15) is 5.69 Å². The van der Waals surface area contributed by atoms with Gasteiger partial charge in [0.25, 0.3) is 5.91 Å². The Labute approximate surface area is 103 Å². The van der Waals surface area contributed by atoms with E-state index in [1.165, 1.54) is 6.20 Å². The molecule has 2 rings (SSSR count). The Morgan fingerprint density at radius 1 is 1.50 bits per heavy atom. The average molecular weight is 247 g/mol. The summed E-state index contributed by atoms with van der Waals surface area (Å²) >= 11 is 0. The highest BCUT2D eigenvalue weighted by molar-refractivity contribution is 5.92. The van der Waals surface area contributed by atoms with Gasteiger partial charge in [0, 0.05) is 19.9 Å². The number of carbonyl (C=O) groups excluding carboxylic acids is 1. The lowest BCUT2D eigenvalue weighted by Crippen LogP contribution is -2.26. The molecule has 0 aliphatic rings. The minimum absolute atomic E-state index is 0.254. The first-order valence-corrected chi connectivity index (χ1v) is 5.44. The Bertz CT molecular complexity index is 535. The Hall–Kier alpha value is -2.44. The average Bonchev–Trinajstić information content (AvgIpc) is 2.76. The zero-order chi connectivity index (χ0) is 13.0. The lowest BCUT2D eigenvalue weighted by molar-refractivity contribution is 0.0949. The summed E-state index contributed by atoms with van der Waals surface area (Å²) in [5, 5.41) is 6.44. The van der Waals surface area contributed by atoms with E-state index in [9.17, 15) is 4.79 Å². The van der Waals surface area contributed by atoms with Crippen molar-refractivity contribution in [2.24, 2.45) is 0 Å². The topological polar surface area (TPSA) is 107 Å². The summed E-state index contributed by atoms with van der Waals surface area (Å²) in [5.41, 5.74) is 6.33. The van der Waals surface area contributed by atoms with Crippen molar-refractivity contribution in [2.75, 3.05) is 12.3 Å². The third kappa shape index (κ3) is 3.03. The van der Waals surface area contributed by atoms with Crippen molar-refractivity contribution in [1.82, 2.24) is 20.4 Å². The number of hydrogen-bond acceptors (Lipinski definition) is 6. The van der Waals surface area contributed by atoms with Crippen LogP contribution in [-0.4, -0.2) is 27.6 Å². The molecule has 0 aliphatic carbocycles. The molecular formula is C11H13N5O2. The van der Waals surface area contributed by atoms with Gasteiger partial charge >= 0.3 is 0 Å². The molecule has 0 saturated carbocycles. The van der Waals surface area contributed by atoms with E-state index in [-0.39, 0.29) is 5.91 Å². The number of pyridine rings is 1. The molecule has 0 atom stereocenters. The van der Waals surface area contributed by atoms with Gasteiger partial charge in [-0.05, 0) is 12.1 Å². The molecule has 0 fully saturated rings. The fourth-order valence-electron chi connectivity index (χ4n) is 1.36. The maximum absolute atomic E-state index is 11.7. The highest BCUT2D eigenvalue weighted by atomic mass is 16.5. The van der Waals surface area contributed by atoms with E-state index >= 15 is 0 Å². The Morgan fingerprint density at radius 3 is 2.94 bits per heavy atom. The minimum Gasteiger partial charge on any atom is -0.397 e. The molecule has 2 heterocycles. The van der Waals surface area contributed by atoms with Crippen LogP contribution in [0.1, 0.15) is 22.2 Å². The summed E-state index contributed by atoms with van der Waals surface area (Å²) in [6.07, 6.45) is 1.95. The summed E-state index contributed by atoms with van der Waals surface area (Å²) < 4.78 is 4.82. The van der Waals surface area contributed by atoms with E-state index in [1.54, 1.807) is 19.1 Å². The SMILES string of the molecule is Cc1nc(CCNC(=O)c2ccc(N)cn2)no1. The summed E-state index contributed by atoms with van der Waals surface area (Å²) in [6, 6.07) is 3.20. The standard InChI is InChI=1S/C11H13N5O2/c1-7-15-10(16-18-7)4-5-13-11(17)9-3-2-8(12)6-14-9/h2-3,6H,4-5,12H2,1H3,(H,13,17). The lowest BCUT2D eigenvalue weighted by atomic mass is 10.3. The molecule has 0 bridgehead atoms. The van der Waals surface area contributed by atoms with Gasteiger partial charge < -0.3 is 15.6 Å². The van der Waals surface area contributed by atoms with Crippen LogP contribution < -0.4 is 11.1 Å². The maximum atomic E-state index is 11.7. The molecule has 7 nitrogen and oxygen atoms in total. The number of nitrogens with two attached hydrogens (primary N) is 1. The fourth-order valence-corrected chi connectivity index (χ4v) is 1.36. The number of nitrogens with one attached hydrogen (secondary N) is 1. The first-order valence-electron chi connectivity index (χ1n) is 5.44. The zero-order valence-corrected chi connectivity index (χ0v) is 9.88. The van der Waals surface area contributed by atoms with Crippen LogP contribution in [-0.2, 0) is 6.42 Å². The monoisotopic (exact) mass is 247 g/mol. The zero-order valence-electron chi connectivity index (χ0n) is 9.88. The van der Waals surface area contributed by atoms with E-state index < -0.39 is 0 Å². The Balaban J connectivity index is 1.83. The van der Waals surface area contributed by atoms with Crippen molar-refractivity contribution in [2.45, 2.75) is 13.3 Å². The third-order valence-electron chi connectivity index (χ3n) is 2.22. The highest BCUT2D eigenvalue weighted by Gasteiger charge is 2.07. The molecule has 3 N–H and O–H groups in total. The maximum Gasteiger partial charge on any atom is 0.269 e. The Morgan fingerprint density at radius 2 is 2.33 bits per heavy atom. The molecule has 0 saturated heterocycles. The van der Waals surface area contributed by atoms with Crippen molar-refractivity contribution in [3.05, 3.63) is 35.7 Å². The van der Waals surface area contributed by atoms with E-state index in [2.05, 4.69) is 20.4 Å². The lowest BCUT2D eigenvalue weighted by Gasteiger charge is -2.02. The number of carbonyl (C=O) groups is 1. The van der Waals surface area contributed by atoms with Gasteiger partial charge in [-0.25, -0.2) is 4.98 Å². The molecule has 2 aromatic rings. The third-order valence-corrected chi connectivity index (χ3v) is 2.22. The second-order valence-electron chi connectivity index (χ2n) is 3.71. The van der Waals surface area contributed by atoms with Crippen LogP contribution >= 0.6 is 0 Å². The van der Waals surface area contributed by atoms with Crippen LogP contribution in [0.15, 0.2) is 22.9 Å². The largest absolute Gasteiger partial charge is 0.397 e. The number of nitrogens with zero attached hydrogens (tertiary/aromatic N) is 3. The molecule has 0 unspecified atom stereocenters. The van der Waals surface area contributed by atoms with Crippen LogP contribution in [0.4, 0.5) is 5.69 Å². The number of hydrogen-bond donors (Lipinski definition) is 2. The molecular weight excluding hydrogens is 234 g/mol. The molecule has 0 aliphatic heterocycles. The van der Waals surface area contributed by atoms with E-state index in [4.69, 9.17) is 10.3 Å². The predicted octanol–water partition coefficient (Wildman–Crippen LogP) is 0.328. The second-order valence-corrected chi connectivity index (χ2v) is 3.71. The number of rotatable bonds is 4. The number of aromatic nitrogens is 3. The van der Waals surface area contributed by atoms with Gasteiger partial charge in [-0.2, -0.15) is 4.98 Å². The van der Waals surface area contributed by atoms with Gasteiger partial charge in [-0.3, -0.25) is 4.79 Å². The van der Waals surface area contributed by atoms with E-state index in [0.29, 0.717) is 36.1 Å². The summed E-state index contributed by atoms with van der Waals surface area (Å²) in [7, 11) is 0. The van der Waals surface area contributed by atoms with Crippen LogP contribution in [0.3, 0.4) is 0 Å². The van der Waals surface area contributed by atoms with Gasteiger partial charge in [-0.1, -0.05) is 5.16 Å². The van der Waals surface area contributed by atoms with Crippen molar-refractivity contribution < 1.29 is 9.32 Å². The number of amides is 1. The molecule has 0 aromatic carbocycles. The normalized spacial score (nSPS) is 10.3. The number of aryl methyl sites for hydroxylation is 1. The molecule has 0 radical (unpaired) electrons. The Kier molecular flexibility index (Phi) is 3.52. The summed E-state index contributed by atoms with van der Waals surface area (Å²) in [4.78, 5) is 19.6. The second kappa shape index (κ2) is 5.26. The molecule has 94 valence electrons. The minimum atomic E-state index is -0.254. The van der Waals surface area contributed by atoms with E-state index in [0.717, 1.165) is 0 Å². The number of nitrogen functional groups attached to an aromatic ring is 1. The van der Waals surface area contributed by atoms with Gasteiger partial charge in [0.2, 0.25) is 5.89 Å².